The molecule has 4 nitrogen and oxygen atoms in total. The van der Waals surface area contributed by atoms with E-state index < -0.39 is 0 Å². The fourth-order valence-corrected chi connectivity index (χ4v) is 3.70. The molecule has 0 heterocycles. The van der Waals surface area contributed by atoms with Gasteiger partial charge in [-0.3, -0.25) is 0 Å². The third-order valence-electron chi connectivity index (χ3n) is 4.71. The molecule has 0 aromatic heterocycles. The van der Waals surface area contributed by atoms with E-state index in [4.69, 9.17) is 14.9 Å². The summed E-state index contributed by atoms with van der Waals surface area (Å²) >= 11 is 0. The summed E-state index contributed by atoms with van der Waals surface area (Å²) in [5, 5.41) is 8.84. The Morgan fingerprint density at radius 1 is 0.857 bits per heavy atom. The molecular formula is C24H33N2O2+. The van der Waals surface area contributed by atoms with Crippen LogP contribution in [0.1, 0.15) is 58.6 Å². The molecule has 0 aliphatic rings. The quantitative estimate of drug-likeness (QED) is 0.364. The highest BCUT2D eigenvalue weighted by molar-refractivity contribution is 5.53. The Kier molecular flexibility index (Phi) is 7.07. The van der Waals surface area contributed by atoms with E-state index in [0.717, 1.165) is 29.9 Å². The van der Waals surface area contributed by atoms with Crippen molar-refractivity contribution in [2.75, 3.05) is 13.2 Å². The second-order valence-electron chi connectivity index (χ2n) is 9.24. The van der Waals surface area contributed by atoms with Crippen LogP contribution in [0.2, 0.25) is 0 Å². The van der Waals surface area contributed by atoms with Gasteiger partial charge in [0.1, 0.15) is 11.5 Å². The number of hydrogen-bond donors (Lipinski definition) is 0. The average Bonchev–Trinajstić information content (AvgIpc) is 2.60. The summed E-state index contributed by atoms with van der Waals surface area (Å²) in [7, 11) is 0. The van der Waals surface area contributed by atoms with Crippen molar-refractivity contribution >= 4 is 5.69 Å². The molecule has 0 aliphatic carbocycles. The van der Waals surface area contributed by atoms with Gasteiger partial charge in [0.15, 0.2) is 4.98 Å². The van der Waals surface area contributed by atoms with Crippen LogP contribution in [-0.4, -0.2) is 13.2 Å². The molecule has 4 heteroatoms. The summed E-state index contributed by atoms with van der Waals surface area (Å²) in [6.07, 6.45) is 1.92. The number of rotatable bonds is 8. The van der Waals surface area contributed by atoms with Crippen LogP contribution in [0, 0.1) is 17.7 Å². The molecular weight excluding hydrogens is 348 g/mol. The van der Waals surface area contributed by atoms with Gasteiger partial charge in [-0.1, -0.05) is 46.8 Å². The summed E-state index contributed by atoms with van der Waals surface area (Å²) in [4.78, 5) is 3.22. The lowest BCUT2D eigenvalue weighted by atomic mass is 9.72. The Morgan fingerprint density at radius 3 is 1.96 bits per heavy atom. The van der Waals surface area contributed by atoms with Gasteiger partial charge < -0.3 is 9.47 Å². The van der Waals surface area contributed by atoms with Crippen LogP contribution in [0.3, 0.4) is 0 Å². The number of ether oxygens (including phenoxy) is 2. The number of hydrogen-bond acceptors (Lipinski definition) is 3. The Labute approximate surface area is 169 Å². The summed E-state index contributed by atoms with van der Waals surface area (Å²) in [6.45, 7) is 14.5. The molecule has 0 saturated carbocycles. The maximum absolute atomic E-state index is 8.84. The standard InChI is InChI=1S/C24H33N2O2/c1-18-16-21(12-13-22(18)26-25)28-15-7-14-27-20-10-8-19(9-11-20)24(5,6)17-23(2,3)4/h8-13,16H,7,14-15,17H2,1-6H3/q+1. The first-order valence-corrected chi connectivity index (χ1v) is 9.93. The van der Waals surface area contributed by atoms with Gasteiger partial charge in [-0.2, -0.15) is 0 Å². The minimum absolute atomic E-state index is 0.140. The van der Waals surface area contributed by atoms with Crippen LogP contribution in [0.15, 0.2) is 42.5 Å². The fraction of sp³-hybridized carbons (Fsp3) is 0.500. The van der Waals surface area contributed by atoms with E-state index in [1.54, 1.807) is 12.1 Å². The van der Waals surface area contributed by atoms with Gasteiger partial charge in [-0.15, -0.1) is 0 Å². The second kappa shape index (κ2) is 9.10. The van der Waals surface area contributed by atoms with Gasteiger partial charge in [0.05, 0.1) is 13.2 Å². The lowest BCUT2D eigenvalue weighted by Gasteiger charge is -2.33. The topological polar surface area (TPSA) is 46.6 Å². The van der Waals surface area contributed by atoms with E-state index >= 15 is 0 Å². The molecule has 2 rings (SSSR count). The van der Waals surface area contributed by atoms with Gasteiger partial charge in [0.25, 0.3) is 0 Å². The van der Waals surface area contributed by atoms with Crippen LogP contribution in [0.4, 0.5) is 5.69 Å². The average molecular weight is 382 g/mol. The molecule has 2 aromatic carbocycles. The third kappa shape index (κ3) is 6.56. The highest BCUT2D eigenvalue weighted by atomic mass is 16.5. The van der Waals surface area contributed by atoms with Crippen molar-refractivity contribution in [3.63, 3.8) is 0 Å². The van der Waals surface area contributed by atoms with E-state index in [0.29, 0.717) is 24.3 Å². The Morgan fingerprint density at radius 2 is 1.43 bits per heavy atom. The largest absolute Gasteiger partial charge is 0.493 e. The molecule has 150 valence electrons. The molecule has 0 bridgehead atoms. The van der Waals surface area contributed by atoms with Crippen LogP contribution in [-0.2, 0) is 5.41 Å². The highest BCUT2D eigenvalue weighted by Crippen LogP contribution is 2.36. The lowest BCUT2D eigenvalue weighted by molar-refractivity contribution is 0.247. The zero-order chi connectivity index (χ0) is 20.8. The number of diazo groups is 1. The Hall–Kier alpha value is -2.54. The molecule has 0 aliphatic heterocycles. The van der Waals surface area contributed by atoms with E-state index in [9.17, 15) is 0 Å². The van der Waals surface area contributed by atoms with Gasteiger partial charge in [0, 0.05) is 18.1 Å². The molecule has 0 atom stereocenters. The minimum atomic E-state index is 0.140. The second-order valence-corrected chi connectivity index (χ2v) is 9.24. The summed E-state index contributed by atoms with van der Waals surface area (Å²) in [5.74, 6) is 1.66. The highest BCUT2D eigenvalue weighted by Gasteiger charge is 2.27. The minimum Gasteiger partial charge on any atom is -0.493 e. The number of benzene rings is 2. The van der Waals surface area contributed by atoms with Gasteiger partial charge in [0.2, 0.25) is 5.39 Å². The van der Waals surface area contributed by atoms with Crippen molar-refractivity contribution < 1.29 is 9.47 Å². The van der Waals surface area contributed by atoms with Crippen molar-refractivity contribution in [1.29, 1.82) is 5.39 Å². The van der Waals surface area contributed by atoms with Crippen molar-refractivity contribution in [2.24, 2.45) is 5.41 Å². The molecule has 0 N–H and O–H groups in total. The smallest absolute Gasteiger partial charge is 0.388 e. The molecule has 0 unspecified atom stereocenters. The molecule has 28 heavy (non-hydrogen) atoms. The van der Waals surface area contributed by atoms with Crippen LogP contribution in [0.25, 0.3) is 4.98 Å². The van der Waals surface area contributed by atoms with Crippen molar-refractivity contribution in [3.8, 4) is 11.5 Å². The Bertz CT molecular complexity index is 812. The van der Waals surface area contributed by atoms with E-state index in [2.05, 4.69) is 63.9 Å². The summed E-state index contributed by atoms with van der Waals surface area (Å²) in [5.41, 5.74) is 3.22. The lowest BCUT2D eigenvalue weighted by Crippen LogP contribution is -2.24. The zero-order valence-electron chi connectivity index (χ0n) is 18.1. The monoisotopic (exact) mass is 381 g/mol. The van der Waals surface area contributed by atoms with Gasteiger partial charge in [-0.05, 0) is 54.0 Å². The predicted molar refractivity (Wildman–Crippen MR) is 115 cm³/mol. The van der Waals surface area contributed by atoms with Gasteiger partial charge >= 0.3 is 5.69 Å². The first kappa shape index (κ1) is 21.8. The summed E-state index contributed by atoms with van der Waals surface area (Å²) < 4.78 is 11.6. The van der Waals surface area contributed by atoms with Crippen LogP contribution < -0.4 is 9.47 Å². The van der Waals surface area contributed by atoms with E-state index in [1.165, 1.54) is 5.56 Å². The fourth-order valence-electron chi connectivity index (χ4n) is 3.70. The maximum Gasteiger partial charge on any atom is 0.388 e. The predicted octanol–water partition coefficient (Wildman–Crippen LogP) is 7.04. The van der Waals surface area contributed by atoms with Crippen LogP contribution in [0.5, 0.6) is 11.5 Å². The SMILES string of the molecule is Cc1cc(OCCCOc2ccc(C(C)(C)CC(C)(C)C)cc2)ccc1[N+]#N. The zero-order valence-corrected chi connectivity index (χ0v) is 18.1. The van der Waals surface area contributed by atoms with Crippen molar-refractivity contribution in [2.45, 2.75) is 59.8 Å². The first-order chi connectivity index (χ1) is 13.1. The number of aryl methyl sites for hydroxylation is 1. The maximum atomic E-state index is 8.84. The van der Waals surface area contributed by atoms with Gasteiger partial charge in [-0.25, -0.2) is 0 Å². The molecule has 0 saturated heterocycles. The van der Waals surface area contributed by atoms with Crippen molar-refractivity contribution in [1.82, 2.24) is 0 Å². The third-order valence-corrected chi connectivity index (χ3v) is 4.71. The number of nitrogens with zero attached hydrogens (tertiary/aromatic N) is 2. The van der Waals surface area contributed by atoms with Crippen molar-refractivity contribution in [3.05, 3.63) is 58.6 Å². The first-order valence-electron chi connectivity index (χ1n) is 9.93. The Balaban J connectivity index is 1.78. The molecule has 0 spiro atoms. The molecule has 0 fully saturated rings. The van der Waals surface area contributed by atoms with E-state index in [1.807, 2.05) is 13.0 Å². The summed E-state index contributed by atoms with van der Waals surface area (Å²) in [6, 6.07) is 13.9. The molecule has 2 aromatic rings. The molecule has 0 radical (unpaired) electrons. The van der Waals surface area contributed by atoms with E-state index in [-0.39, 0.29) is 5.41 Å². The molecule has 0 amide bonds. The normalized spacial score (nSPS) is 11.8. The van der Waals surface area contributed by atoms with Crippen LogP contribution >= 0.6 is 0 Å².